The Labute approximate surface area is 222 Å². The second kappa shape index (κ2) is 10.3. The zero-order valence-corrected chi connectivity index (χ0v) is 21.2. The first kappa shape index (κ1) is 26.0. The van der Waals surface area contributed by atoms with E-state index in [1.807, 2.05) is 0 Å². The number of nitro benzene ring substituents is 1. The van der Waals surface area contributed by atoms with Crippen molar-refractivity contribution in [2.24, 2.45) is 0 Å². The quantitative estimate of drug-likeness (QED) is 0.151. The van der Waals surface area contributed by atoms with Gasteiger partial charge in [0.1, 0.15) is 0 Å². The molecule has 0 fully saturated rings. The van der Waals surface area contributed by atoms with Gasteiger partial charge in [0.15, 0.2) is 10.1 Å². The van der Waals surface area contributed by atoms with Crippen molar-refractivity contribution in [1.82, 2.24) is 10.2 Å². The highest BCUT2D eigenvalue weighted by Gasteiger charge is 2.41. The number of nitro groups is 1. The van der Waals surface area contributed by atoms with E-state index >= 15 is 0 Å². The number of allylic oxidation sites excluding steroid dienone is 2. The first-order valence-corrected chi connectivity index (χ1v) is 13.4. The number of nitrogens with zero attached hydrogens (tertiary/aromatic N) is 4. The number of carbonyl (C=O) groups excluding carboxylic acids is 2. The second-order valence-corrected chi connectivity index (χ2v) is 11.0. The largest absolute Gasteiger partial charge is 0.416 e. The number of alkyl halides is 3. The van der Waals surface area contributed by atoms with Gasteiger partial charge in [0, 0.05) is 47.9 Å². The summed E-state index contributed by atoms with van der Waals surface area (Å²) in [5.74, 6) is -0.776. The minimum Gasteiger partial charge on any atom is -0.294 e. The van der Waals surface area contributed by atoms with E-state index in [0.717, 1.165) is 23.5 Å². The first-order valence-electron chi connectivity index (χ1n) is 11.6. The summed E-state index contributed by atoms with van der Waals surface area (Å²) in [6.07, 6.45) is -3.15. The van der Waals surface area contributed by atoms with E-state index in [1.165, 1.54) is 40.9 Å². The molecule has 1 atom stereocenters. The molecule has 2 aromatic carbocycles. The Kier molecular flexibility index (Phi) is 7.05. The normalized spacial score (nSPS) is 18.1. The number of aromatic nitrogens is 2. The van der Waals surface area contributed by atoms with Gasteiger partial charge in [-0.2, -0.15) is 13.2 Å². The first-order chi connectivity index (χ1) is 18.1. The molecule has 0 N–H and O–H groups in total. The van der Waals surface area contributed by atoms with Crippen LogP contribution < -0.4 is 4.90 Å². The van der Waals surface area contributed by atoms with Gasteiger partial charge in [0.2, 0.25) is 11.0 Å². The fourth-order valence-electron chi connectivity index (χ4n) is 4.69. The molecule has 13 heteroatoms. The molecule has 0 bridgehead atoms. The van der Waals surface area contributed by atoms with Crippen LogP contribution in [0.2, 0.25) is 0 Å². The average Bonchev–Trinajstić information content (AvgIpc) is 3.35. The van der Waals surface area contributed by atoms with Crippen LogP contribution in [-0.4, -0.2) is 26.8 Å². The molecule has 1 aliphatic heterocycles. The molecule has 196 valence electrons. The fraction of sp³-hybridized carbons (Fsp3) is 0.280. The van der Waals surface area contributed by atoms with Crippen LogP contribution in [-0.2, 0) is 21.5 Å². The molecule has 1 aliphatic carbocycles. The van der Waals surface area contributed by atoms with Crippen molar-refractivity contribution in [3.05, 3.63) is 86.6 Å². The molecule has 1 amide bonds. The second-order valence-electron chi connectivity index (χ2n) is 8.81. The molecule has 5 rings (SSSR count). The van der Waals surface area contributed by atoms with Gasteiger partial charge < -0.3 is 0 Å². The number of rotatable bonds is 6. The van der Waals surface area contributed by atoms with Crippen molar-refractivity contribution in [2.45, 2.75) is 47.9 Å². The Bertz CT molecular complexity index is 1470. The van der Waals surface area contributed by atoms with Crippen molar-refractivity contribution in [3.8, 4) is 0 Å². The van der Waals surface area contributed by atoms with E-state index in [2.05, 4.69) is 10.2 Å². The third-order valence-corrected chi connectivity index (χ3v) is 8.48. The van der Waals surface area contributed by atoms with Crippen LogP contribution in [0.3, 0.4) is 0 Å². The van der Waals surface area contributed by atoms with E-state index in [4.69, 9.17) is 0 Å². The van der Waals surface area contributed by atoms with Crippen LogP contribution in [0.1, 0.15) is 48.3 Å². The topological polar surface area (TPSA) is 106 Å². The lowest BCUT2D eigenvalue weighted by atomic mass is 9.77. The van der Waals surface area contributed by atoms with Crippen molar-refractivity contribution >= 4 is 45.6 Å². The molecule has 1 aromatic heterocycles. The number of anilines is 1. The number of ketones is 1. The van der Waals surface area contributed by atoms with Gasteiger partial charge in [-0.1, -0.05) is 53.4 Å². The summed E-state index contributed by atoms with van der Waals surface area (Å²) in [6, 6.07) is 11.0. The highest BCUT2D eigenvalue weighted by Crippen LogP contribution is 2.45. The number of thioether (sulfide) groups is 1. The Morgan fingerprint density at radius 2 is 1.89 bits per heavy atom. The minimum absolute atomic E-state index is 0.0575. The zero-order chi connectivity index (χ0) is 27.0. The van der Waals surface area contributed by atoms with Gasteiger partial charge in [-0.15, -0.1) is 10.2 Å². The number of halogens is 3. The summed E-state index contributed by atoms with van der Waals surface area (Å²) in [7, 11) is 0. The van der Waals surface area contributed by atoms with E-state index in [0.29, 0.717) is 46.0 Å². The maximum atomic E-state index is 13.4. The summed E-state index contributed by atoms with van der Waals surface area (Å²) >= 11 is 2.32. The smallest absolute Gasteiger partial charge is 0.294 e. The van der Waals surface area contributed by atoms with Crippen molar-refractivity contribution in [2.75, 3.05) is 4.90 Å². The van der Waals surface area contributed by atoms with E-state index < -0.39 is 22.6 Å². The summed E-state index contributed by atoms with van der Waals surface area (Å²) in [4.78, 5) is 38.6. The lowest BCUT2D eigenvalue weighted by Crippen LogP contribution is -2.40. The number of amides is 1. The number of carbonyl (C=O) groups is 2. The molecule has 3 aromatic rings. The SMILES string of the molecule is O=C1CCCC2=C1C(c1cccc([N+](=O)[O-])c1)CC(=O)N2c1nnc(SCc2cccc(C(F)(F)F)c2)s1. The van der Waals surface area contributed by atoms with Gasteiger partial charge >= 0.3 is 6.18 Å². The number of hydrogen-bond acceptors (Lipinski definition) is 8. The number of hydrogen-bond donors (Lipinski definition) is 0. The number of Topliss-reactive ketones (excluding diaryl/α,β-unsaturated/α-hetero) is 1. The van der Waals surface area contributed by atoms with Crippen LogP contribution in [0.15, 0.2) is 64.1 Å². The summed E-state index contributed by atoms with van der Waals surface area (Å²) < 4.78 is 39.5. The summed E-state index contributed by atoms with van der Waals surface area (Å²) in [6.45, 7) is 0. The van der Waals surface area contributed by atoms with Gasteiger partial charge in [-0.3, -0.25) is 24.6 Å². The van der Waals surface area contributed by atoms with Gasteiger partial charge in [0.05, 0.1) is 10.5 Å². The van der Waals surface area contributed by atoms with E-state index in [9.17, 15) is 32.9 Å². The molecule has 0 spiro atoms. The molecule has 2 aliphatic rings. The molecule has 38 heavy (non-hydrogen) atoms. The molecule has 2 heterocycles. The Hall–Kier alpha value is -3.58. The van der Waals surface area contributed by atoms with Crippen LogP contribution in [0.5, 0.6) is 0 Å². The van der Waals surface area contributed by atoms with Crippen LogP contribution in [0.25, 0.3) is 0 Å². The zero-order valence-electron chi connectivity index (χ0n) is 19.6. The Morgan fingerprint density at radius 1 is 1.11 bits per heavy atom. The Balaban J connectivity index is 1.42. The minimum atomic E-state index is -4.43. The van der Waals surface area contributed by atoms with E-state index in [-0.39, 0.29) is 34.7 Å². The molecular formula is C25H19F3N4O4S2. The van der Waals surface area contributed by atoms with E-state index in [1.54, 1.807) is 12.1 Å². The summed E-state index contributed by atoms with van der Waals surface area (Å²) in [5.41, 5.74) is 1.15. The lowest BCUT2D eigenvalue weighted by Gasteiger charge is -2.36. The fourth-order valence-corrected chi connectivity index (χ4v) is 6.52. The molecular weight excluding hydrogens is 541 g/mol. The lowest BCUT2D eigenvalue weighted by molar-refractivity contribution is -0.384. The third-order valence-electron chi connectivity index (χ3n) is 6.36. The van der Waals surface area contributed by atoms with Crippen molar-refractivity contribution < 1.29 is 27.7 Å². The highest BCUT2D eigenvalue weighted by molar-refractivity contribution is 8.00. The summed E-state index contributed by atoms with van der Waals surface area (Å²) in [5, 5.41) is 19.8. The molecule has 8 nitrogen and oxygen atoms in total. The van der Waals surface area contributed by atoms with Crippen molar-refractivity contribution in [1.29, 1.82) is 0 Å². The van der Waals surface area contributed by atoms with Crippen LogP contribution >= 0.6 is 23.1 Å². The third kappa shape index (κ3) is 5.20. The molecule has 0 saturated heterocycles. The molecule has 0 radical (unpaired) electrons. The van der Waals surface area contributed by atoms with Gasteiger partial charge in [0.25, 0.3) is 5.69 Å². The monoisotopic (exact) mass is 560 g/mol. The van der Waals surface area contributed by atoms with Gasteiger partial charge in [-0.05, 0) is 30.0 Å². The van der Waals surface area contributed by atoms with Crippen molar-refractivity contribution in [3.63, 3.8) is 0 Å². The predicted octanol–water partition coefficient (Wildman–Crippen LogP) is 6.29. The Morgan fingerprint density at radius 3 is 2.66 bits per heavy atom. The van der Waals surface area contributed by atoms with Crippen LogP contribution in [0, 0.1) is 10.1 Å². The maximum absolute atomic E-state index is 13.4. The standard InChI is InChI=1S/C25H19F3N4O4S2/c26-25(27,28)16-6-1-4-14(10-16)13-37-24-30-29-23(38-24)31-19-8-3-9-20(33)22(19)18(12-21(31)34)15-5-2-7-17(11-15)32(35)36/h1-2,4-7,10-11,18H,3,8-9,12-13H2. The van der Waals surface area contributed by atoms with Crippen LogP contribution in [0.4, 0.5) is 24.0 Å². The number of non-ortho nitro benzene ring substituents is 1. The maximum Gasteiger partial charge on any atom is 0.416 e. The average molecular weight is 561 g/mol. The predicted molar refractivity (Wildman–Crippen MR) is 135 cm³/mol. The number of benzene rings is 2. The molecule has 1 unspecified atom stereocenters. The molecule has 0 saturated carbocycles. The highest BCUT2D eigenvalue weighted by atomic mass is 32.2. The van der Waals surface area contributed by atoms with Gasteiger partial charge in [-0.25, -0.2) is 0 Å².